The van der Waals surface area contributed by atoms with Crippen molar-refractivity contribution in [1.29, 1.82) is 5.41 Å². The lowest BCUT2D eigenvalue weighted by Crippen LogP contribution is -2.35. The molecule has 1 amide bonds. The molecule has 1 aromatic heterocycles. The maximum Gasteiger partial charge on any atom is 0.283 e. The number of aliphatic imine (C=N–C) groups is 1. The molecular formula is C25H21N5O2S. The highest BCUT2D eigenvalue weighted by Crippen LogP contribution is 2.29. The Balaban J connectivity index is 1.41. The van der Waals surface area contributed by atoms with Gasteiger partial charge in [0.25, 0.3) is 5.91 Å². The Morgan fingerprint density at radius 1 is 1.09 bits per heavy atom. The highest BCUT2D eigenvalue weighted by molar-refractivity contribution is 8.27. The molecule has 8 heteroatoms. The summed E-state index contributed by atoms with van der Waals surface area (Å²) in [6, 6.07) is 19.5. The third kappa shape index (κ3) is 4.12. The number of amides is 1. The Hall–Kier alpha value is -3.91. The molecule has 0 atom stereocenters. The van der Waals surface area contributed by atoms with E-state index in [0.29, 0.717) is 10.2 Å². The smallest absolute Gasteiger partial charge is 0.283 e. The number of carbonyl (C=O) groups excluding carboxylic acids is 1. The maximum absolute atomic E-state index is 12.8. The molecule has 0 saturated carbocycles. The van der Waals surface area contributed by atoms with Gasteiger partial charge in [-0.25, -0.2) is 0 Å². The Kier molecular flexibility index (Phi) is 5.43. The summed E-state index contributed by atoms with van der Waals surface area (Å²) in [6.45, 7) is 4.33. The summed E-state index contributed by atoms with van der Waals surface area (Å²) in [5.41, 5.74) is 4.27. The number of rotatable bonds is 5. The van der Waals surface area contributed by atoms with Gasteiger partial charge >= 0.3 is 0 Å². The van der Waals surface area contributed by atoms with E-state index in [0.717, 1.165) is 28.3 Å². The average Bonchev–Trinajstić information content (AvgIpc) is 3.44. The zero-order chi connectivity index (χ0) is 22.9. The molecule has 2 aromatic carbocycles. The molecule has 0 aliphatic carbocycles. The van der Waals surface area contributed by atoms with E-state index in [1.807, 2.05) is 67.1 Å². The molecule has 2 aliphatic heterocycles. The van der Waals surface area contributed by atoms with E-state index in [4.69, 9.17) is 10.1 Å². The van der Waals surface area contributed by atoms with E-state index in [1.54, 1.807) is 6.08 Å². The second kappa shape index (κ2) is 8.55. The van der Waals surface area contributed by atoms with Crippen LogP contribution in [0, 0.1) is 19.3 Å². The maximum atomic E-state index is 12.8. The van der Waals surface area contributed by atoms with Crippen LogP contribution in [0.4, 0.5) is 0 Å². The lowest BCUT2D eigenvalue weighted by atomic mass is 10.1. The van der Waals surface area contributed by atoms with Crippen LogP contribution in [0.15, 0.2) is 82.5 Å². The standard InChI is InChI=1S/C25H21N5O2S/c1-16-10-11-17(2)21(13-16)29-12-6-7-18(29)14-20-23(26)30-25(27-24(20)31)33-22(28-30)15-32-19-8-4-3-5-9-19/h3-14,26H,15H2,1-2H3/b20-14+,26-23?. The molecule has 7 nitrogen and oxygen atoms in total. The van der Waals surface area contributed by atoms with Crippen LogP contribution in [0.3, 0.4) is 0 Å². The number of ether oxygens (including phenoxy) is 1. The van der Waals surface area contributed by atoms with Crippen molar-refractivity contribution >= 4 is 39.8 Å². The summed E-state index contributed by atoms with van der Waals surface area (Å²) < 4.78 is 7.76. The third-order valence-corrected chi connectivity index (χ3v) is 6.18. The number of fused-ring (bicyclic) bond motifs is 1. The van der Waals surface area contributed by atoms with Crippen molar-refractivity contribution in [3.05, 3.63) is 89.3 Å². The van der Waals surface area contributed by atoms with Crippen LogP contribution in [0.1, 0.15) is 16.8 Å². The first-order valence-corrected chi connectivity index (χ1v) is 11.2. The van der Waals surface area contributed by atoms with E-state index in [1.165, 1.54) is 16.8 Å². The van der Waals surface area contributed by atoms with E-state index in [-0.39, 0.29) is 18.0 Å². The van der Waals surface area contributed by atoms with Crippen LogP contribution in [0.5, 0.6) is 5.75 Å². The molecule has 0 unspecified atom stereocenters. The second-order valence-electron chi connectivity index (χ2n) is 7.71. The van der Waals surface area contributed by atoms with Gasteiger partial charge in [-0.05, 0) is 73.1 Å². The first-order valence-electron chi connectivity index (χ1n) is 10.4. The quantitative estimate of drug-likeness (QED) is 0.561. The molecule has 2 aliphatic rings. The minimum atomic E-state index is -0.451. The van der Waals surface area contributed by atoms with Crippen LogP contribution < -0.4 is 4.74 Å². The van der Waals surface area contributed by atoms with Crippen molar-refractivity contribution in [2.24, 2.45) is 10.1 Å². The molecule has 3 heterocycles. The Morgan fingerprint density at radius 3 is 2.73 bits per heavy atom. The Bertz CT molecular complexity index is 1350. The Morgan fingerprint density at radius 2 is 1.91 bits per heavy atom. The predicted molar refractivity (Wildman–Crippen MR) is 132 cm³/mol. The normalized spacial score (nSPS) is 16.7. The Labute approximate surface area is 195 Å². The number of benzene rings is 2. The van der Waals surface area contributed by atoms with Crippen molar-refractivity contribution in [2.75, 3.05) is 6.61 Å². The van der Waals surface area contributed by atoms with Crippen LogP contribution >= 0.6 is 11.8 Å². The van der Waals surface area contributed by atoms with Crippen molar-refractivity contribution in [3.63, 3.8) is 0 Å². The highest BCUT2D eigenvalue weighted by atomic mass is 32.2. The number of thioether (sulfide) groups is 1. The van der Waals surface area contributed by atoms with Crippen LogP contribution in [0.2, 0.25) is 0 Å². The van der Waals surface area contributed by atoms with E-state index >= 15 is 0 Å². The molecule has 33 heavy (non-hydrogen) atoms. The first kappa shape index (κ1) is 21.0. The number of hydrazone groups is 1. The average molecular weight is 456 g/mol. The number of carbonyl (C=O) groups is 1. The SMILES string of the molecule is Cc1ccc(C)c(-n2cccc2/C=C2\C(=N)N3N=C(COc4ccccc4)SC3=NC2=O)c1. The van der Waals surface area contributed by atoms with Gasteiger partial charge in [-0.3, -0.25) is 10.2 Å². The van der Waals surface area contributed by atoms with Gasteiger partial charge in [0, 0.05) is 17.6 Å². The van der Waals surface area contributed by atoms with E-state index in [2.05, 4.69) is 28.3 Å². The largest absolute Gasteiger partial charge is 0.487 e. The predicted octanol–water partition coefficient (Wildman–Crippen LogP) is 4.79. The zero-order valence-electron chi connectivity index (χ0n) is 18.1. The zero-order valence-corrected chi connectivity index (χ0v) is 19.0. The fourth-order valence-corrected chi connectivity index (χ4v) is 4.41. The summed E-state index contributed by atoms with van der Waals surface area (Å²) in [7, 11) is 0. The van der Waals surface area contributed by atoms with E-state index < -0.39 is 5.91 Å². The number of hydrogen-bond donors (Lipinski definition) is 1. The summed E-state index contributed by atoms with van der Waals surface area (Å²) in [4.78, 5) is 17.0. The van der Waals surface area contributed by atoms with Gasteiger partial charge in [-0.2, -0.15) is 15.1 Å². The van der Waals surface area contributed by atoms with Gasteiger partial charge in [0.15, 0.2) is 5.84 Å². The summed E-state index contributed by atoms with van der Waals surface area (Å²) in [5, 5.41) is 15.5. The molecule has 1 N–H and O–H groups in total. The number of nitrogens with zero attached hydrogens (tertiary/aromatic N) is 4. The second-order valence-corrected chi connectivity index (χ2v) is 8.75. The molecule has 0 saturated heterocycles. The van der Waals surface area contributed by atoms with Crippen LogP contribution in [-0.4, -0.2) is 38.1 Å². The molecule has 0 spiro atoms. The number of amidine groups is 2. The molecular weight excluding hydrogens is 434 g/mol. The van der Waals surface area contributed by atoms with Gasteiger partial charge in [0.05, 0.1) is 5.57 Å². The number of aryl methyl sites for hydroxylation is 2. The van der Waals surface area contributed by atoms with Gasteiger partial charge in [-0.15, -0.1) is 0 Å². The van der Waals surface area contributed by atoms with Crippen molar-refractivity contribution in [3.8, 4) is 11.4 Å². The van der Waals surface area contributed by atoms with Crippen molar-refractivity contribution in [2.45, 2.75) is 13.8 Å². The monoisotopic (exact) mass is 455 g/mol. The molecule has 0 radical (unpaired) electrons. The molecule has 164 valence electrons. The topological polar surface area (TPSA) is 83.0 Å². The van der Waals surface area contributed by atoms with Crippen molar-refractivity contribution in [1.82, 2.24) is 9.58 Å². The summed E-state index contributed by atoms with van der Waals surface area (Å²) in [6.07, 6.45) is 3.65. The molecule has 5 rings (SSSR count). The minimum Gasteiger partial charge on any atom is -0.487 e. The molecule has 3 aromatic rings. The van der Waals surface area contributed by atoms with Crippen molar-refractivity contribution < 1.29 is 9.53 Å². The molecule has 0 bridgehead atoms. The molecule has 0 fully saturated rings. The fourth-order valence-electron chi connectivity index (χ4n) is 3.61. The van der Waals surface area contributed by atoms with Crippen LogP contribution in [-0.2, 0) is 4.79 Å². The number of para-hydroxylation sites is 1. The summed E-state index contributed by atoms with van der Waals surface area (Å²) in [5.74, 6) is 0.278. The van der Waals surface area contributed by atoms with Gasteiger partial charge in [0.2, 0.25) is 5.17 Å². The lowest BCUT2D eigenvalue weighted by Gasteiger charge is -2.20. The minimum absolute atomic E-state index is 0.000857. The first-order chi connectivity index (χ1) is 16.0. The van der Waals surface area contributed by atoms with Gasteiger partial charge < -0.3 is 9.30 Å². The summed E-state index contributed by atoms with van der Waals surface area (Å²) >= 11 is 1.24. The number of nitrogens with one attached hydrogen (secondary N) is 1. The van der Waals surface area contributed by atoms with Gasteiger partial charge in [-0.1, -0.05) is 30.3 Å². The highest BCUT2D eigenvalue weighted by Gasteiger charge is 2.36. The van der Waals surface area contributed by atoms with E-state index in [9.17, 15) is 4.79 Å². The third-order valence-electron chi connectivity index (χ3n) is 5.30. The lowest BCUT2D eigenvalue weighted by molar-refractivity contribution is -0.114. The fraction of sp³-hybridized carbons (Fsp3) is 0.120. The van der Waals surface area contributed by atoms with Gasteiger partial charge in [0.1, 0.15) is 17.4 Å². The number of aromatic nitrogens is 1. The van der Waals surface area contributed by atoms with Crippen LogP contribution in [0.25, 0.3) is 11.8 Å². The number of hydrogen-bond acceptors (Lipinski definition) is 5.